The van der Waals surface area contributed by atoms with Crippen molar-refractivity contribution in [2.24, 2.45) is 5.41 Å². The number of aromatic nitrogens is 3. The zero-order chi connectivity index (χ0) is 23.1. The van der Waals surface area contributed by atoms with Crippen molar-refractivity contribution in [3.63, 3.8) is 0 Å². The summed E-state index contributed by atoms with van der Waals surface area (Å²) in [5.74, 6) is -0.521. The molecule has 0 radical (unpaired) electrons. The molecule has 2 heterocycles. The average molecular weight is 429 g/mol. The SMILES string of the molecule is CC(C)(C)Cc1cc(F)cc2cc(Cn3ccnc(N)c3=O)n(C(=O)OC(C)(C)C)c12. The Kier molecular flexibility index (Phi) is 5.69. The standard InChI is InChI=1S/C23H29FN4O3/c1-22(2,3)12-15-10-16(24)9-14-11-17(13-27-8-7-26-19(25)20(27)29)28(18(14)15)21(30)31-23(4,5)6/h7-11H,12-13H2,1-6H3,(H2,25,26). The van der Waals surface area contributed by atoms with E-state index in [4.69, 9.17) is 10.5 Å². The first-order chi connectivity index (χ1) is 14.2. The average Bonchev–Trinajstić information content (AvgIpc) is 2.94. The lowest BCUT2D eigenvalue weighted by Crippen LogP contribution is -2.30. The van der Waals surface area contributed by atoms with Crippen LogP contribution in [-0.2, 0) is 17.7 Å². The van der Waals surface area contributed by atoms with E-state index >= 15 is 0 Å². The van der Waals surface area contributed by atoms with Gasteiger partial charge in [0.2, 0.25) is 0 Å². The zero-order valence-electron chi connectivity index (χ0n) is 18.8. The van der Waals surface area contributed by atoms with Gasteiger partial charge in [-0.15, -0.1) is 0 Å². The van der Waals surface area contributed by atoms with Crippen molar-refractivity contribution < 1.29 is 13.9 Å². The monoisotopic (exact) mass is 428 g/mol. The number of halogens is 1. The molecule has 3 aromatic rings. The third-order valence-electron chi connectivity index (χ3n) is 4.59. The topological polar surface area (TPSA) is 92.1 Å². The number of benzene rings is 1. The molecule has 0 aliphatic rings. The highest BCUT2D eigenvalue weighted by molar-refractivity contribution is 5.93. The predicted molar refractivity (Wildman–Crippen MR) is 119 cm³/mol. The number of nitrogens with zero attached hydrogens (tertiary/aromatic N) is 3. The Morgan fingerprint density at radius 1 is 1.16 bits per heavy atom. The summed E-state index contributed by atoms with van der Waals surface area (Å²) in [7, 11) is 0. The van der Waals surface area contributed by atoms with E-state index in [2.05, 4.69) is 4.98 Å². The van der Waals surface area contributed by atoms with E-state index in [0.717, 1.165) is 0 Å². The van der Waals surface area contributed by atoms with Crippen molar-refractivity contribution in [2.75, 3.05) is 5.73 Å². The van der Waals surface area contributed by atoms with Crippen LogP contribution in [0.3, 0.4) is 0 Å². The normalized spacial score (nSPS) is 12.4. The molecule has 0 fully saturated rings. The number of carbonyl (C=O) groups is 1. The minimum absolute atomic E-state index is 0.0516. The largest absolute Gasteiger partial charge is 0.443 e. The van der Waals surface area contributed by atoms with Gasteiger partial charge >= 0.3 is 6.09 Å². The lowest BCUT2D eigenvalue weighted by Gasteiger charge is -2.23. The first kappa shape index (κ1) is 22.5. The van der Waals surface area contributed by atoms with Gasteiger partial charge in [0.1, 0.15) is 11.4 Å². The van der Waals surface area contributed by atoms with Crippen molar-refractivity contribution in [3.05, 3.63) is 58.0 Å². The van der Waals surface area contributed by atoms with Gasteiger partial charge < -0.3 is 15.0 Å². The second-order valence-corrected chi connectivity index (χ2v) is 9.94. The second kappa shape index (κ2) is 7.83. The van der Waals surface area contributed by atoms with E-state index in [9.17, 15) is 14.0 Å². The van der Waals surface area contributed by atoms with Crippen LogP contribution in [0.2, 0.25) is 0 Å². The van der Waals surface area contributed by atoms with Crippen LogP contribution in [0.15, 0.2) is 35.4 Å². The number of nitrogen functional groups attached to an aromatic ring is 1. The molecule has 3 rings (SSSR count). The second-order valence-electron chi connectivity index (χ2n) is 9.94. The molecule has 2 aromatic heterocycles. The van der Waals surface area contributed by atoms with Crippen LogP contribution < -0.4 is 11.3 Å². The first-order valence-electron chi connectivity index (χ1n) is 10.1. The Hall–Kier alpha value is -3.16. The molecule has 0 amide bonds. The van der Waals surface area contributed by atoms with Crippen LogP contribution in [0.5, 0.6) is 0 Å². The Labute approximate surface area is 180 Å². The number of anilines is 1. The number of fused-ring (bicyclic) bond motifs is 1. The van der Waals surface area contributed by atoms with Gasteiger partial charge in [-0.05, 0) is 56.4 Å². The molecule has 0 aliphatic heterocycles. The molecular formula is C23H29FN4O3. The highest BCUT2D eigenvalue weighted by Gasteiger charge is 2.26. The Balaban J connectivity index is 2.26. The quantitative estimate of drug-likeness (QED) is 0.670. The maximum absolute atomic E-state index is 14.4. The van der Waals surface area contributed by atoms with Gasteiger partial charge in [-0.1, -0.05) is 20.8 Å². The van der Waals surface area contributed by atoms with Crippen molar-refractivity contribution >= 4 is 22.8 Å². The summed E-state index contributed by atoms with van der Waals surface area (Å²) in [6, 6.07) is 4.54. The van der Waals surface area contributed by atoms with E-state index in [1.807, 2.05) is 20.8 Å². The fourth-order valence-electron chi connectivity index (χ4n) is 3.55. The van der Waals surface area contributed by atoms with Gasteiger partial charge in [0.05, 0.1) is 17.8 Å². The third kappa shape index (κ3) is 5.13. The molecule has 31 heavy (non-hydrogen) atoms. The van der Waals surface area contributed by atoms with Crippen LogP contribution in [-0.4, -0.2) is 25.8 Å². The van der Waals surface area contributed by atoms with E-state index in [1.165, 1.54) is 33.7 Å². The molecular weight excluding hydrogens is 399 g/mol. The van der Waals surface area contributed by atoms with E-state index in [1.54, 1.807) is 26.8 Å². The maximum Gasteiger partial charge on any atom is 0.419 e. The lowest BCUT2D eigenvalue weighted by atomic mass is 9.87. The lowest BCUT2D eigenvalue weighted by molar-refractivity contribution is 0.0539. The summed E-state index contributed by atoms with van der Waals surface area (Å²) in [4.78, 5) is 29.4. The fourth-order valence-corrected chi connectivity index (χ4v) is 3.55. The highest BCUT2D eigenvalue weighted by Crippen LogP contribution is 2.31. The minimum Gasteiger partial charge on any atom is -0.443 e. The van der Waals surface area contributed by atoms with Gasteiger partial charge in [0.25, 0.3) is 5.56 Å². The molecule has 0 saturated carbocycles. The van der Waals surface area contributed by atoms with Crippen molar-refractivity contribution in [2.45, 2.75) is 60.1 Å². The van der Waals surface area contributed by atoms with Gasteiger partial charge in [0, 0.05) is 17.8 Å². The van der Waals surface area contributed by atoms with Crippen molar-refractivity contribution in [3.8, 4) is 0 Å². The number of nitrogens with two attached hydrogens (primary N) is 1. The molecule has 0 atom stereocenters. The number of hydrogen-bond donors (Lipinski definition) is 1. The zero-order valence-corrected chi connectivity index (χ0v) is 18.8. The fraction of sp³-hybridized carbons (Fsp3) is 0.435. The molecule has 0 bridgehead atoms. The van der Waals surface area contributed by atoms with Gasteiger partial charge in [0.15, 0.2) is 5.82 Å². The molecule has 166 valence electrons. The summed E-state index contributed by atoms with van der Waals surface area (Å²) < 4.78 is 22.9. The first-order valence-corrected chi connectivity index (χ1v) is 10.1. The van der Waals surface area contributed by atoms with Crippen LogP contribution in [0.4, 0.5) is 15.0 Å². The molecule has 1 aromatic carbocycles. The summed E-state index contributed by atoms with van der Waals surface area (Å²) >= 11 is 0. The molecule has 0 unspecified atom stereocenters. The molecule has 0 spiro atoms. The molecule has 8 heteroatoms. The number of ether oxygens (including phenoxy) is 1. The smallest absolute Gasteiger partial charge is 0.419 e. The summed E-state index contributed by atoms with van der Waals surface area (Å²) in [5, 5.41) is 0.565. The minimum atomic E-state index is -0.729. The number of rotatable bonds is 3. The molecule has 0 aliphatic carbocycles. The molecule has 2 N–H and O–H groups in total. The predicted octanol–water partition coefficient (Wildman–Crippen LogP) is 4.34. The van der Waals surface area contributed by atoms with Crippen molar-refractivity contribution in [1.29, 1.82) is 0 Å². The van der Waals surface area contributed by atoms with Gasteiger partial charge in [-0.25, -0.2) is 18.7 Å². The van der Waals surface area contributed by atoms with Crippen LogP contribution >= 0.6 is 0 Å². The van der Waals surface area contributed by atoms with E-state index in [-0.39, 0.29) is 23.6 Å². The summed E-state index contributed by atoms with van der Waals surface area (Å²) in [6.45, 7) is 11.5. The van der Waals surface area contributed by atoms with Gasteiger partial charge in [-0.3, -0.25) is 4.79 Å². The van der Waals surface area contributed by atoms with E-state index < -0.39 is 17.3 Å². The Morgan fingerprint density at radius 2 is 1.84 bits per heavy atom. The molecule has 7 nitrogen and oxygen atoms in total. The van der Waals surface area contributed by atoms with Crippen LogP contribution in [0, 0.1) is 11.2 Å². The molecule has 0 saturated heterocycles. The Morgan fingerprint density at radius 3 is 2.45 bits per heavy atom. The number of hydrogen-bond acceptors (Lipinski definition) is 5. The third-order valence-corrected chi connectivity index (χ3v) is 4.59. The summed E-state index contributed by atoms with van der Waals surface area (Å²) in [6.07, 6.45) is 2.87. The summed E-state index contributed by atoms with van der Waals surface area (Å²) in [5.41, 5.74) is 6.07. The van der Waals surface area contributed by atoms with Crippen LogP contribution in [0.25, 0.3) is 10.9 Å². The van der Waals surface area contributed by atoms with Crippen molar-refractivity contribution in [1.82, 2.24) is 14.1 Å². The highest BCUT2D eigenvalue weighted by atomic mass is 19.1. The maximum atomic E-state index is 14.4. The number of carbonyl (C=O) groups excluding carboxylic acids is 1. The van der Waals surface area contributed by atoms with E-state index in [0.29, 0.717) is 28.6 Å². The van der Waals surface area contributed by atoms with Gasteiger partial charge in [-0.2, -0.15) is 0 Å². The Bertz CT molecular complexity index is 1200. The van der Waals surface area contributed by atoms with Crippen LogP contribution in [0.1, 0.15) is 52.8 Å².